The maximum absolute atomic E-state index is 12.5. The van der Waals surface area contributed by atoms with Crippen molar-refractivity contribution in [2.75, 3.05) is 0 Å². The van der Waals surface area contributed by atoms with Gasteiger partial charge < -0.3 is 0 Å². The minimum Gasteiger partial charge on any atom is -0.294 e. The summed E-state index contributed by atoms with van der Waals surface area (Å²) in [6.07, 6.45) is 0.250. The molecule has 0 aliphatic heterocycles. The molecule has 0 spiro atoms. The first-order valence-electron chi connectivity index (χ1n) is 6.45. The van der Waals surface area contributed by atoms with Crippen molar-refractivity contribution in [2.24, 2.45) is 7.05 Å². The van der Waals surface area contributed by atoms with Gasteiger partial charge in [0.15, 0.2) is 5.78 Å². The van der Waals surface area contributed by atoms with Crippen molar-refractivity contribution in [3.8, 4) is 0 Å². The third-order valence-electron chi connectivity index (χ3n) is 3.39. The molecule has 3 nitrogen and oxygen atoms in total. The molecule has 3 rings (SSSR count). The lowest BCUT2D eigenvalue weighted by molar-refractivity contribution is 0.0991. The second-order valence-electron chi connectivity index (χ2n) is 4.81. The number of Topliss-reactive ketones (excluding diaryl/α,β-unsaturated/α-hetero) is 1. The molecule has 0 saturated heterocycles. The molecular formula is C16H12BrClN2O. The molecule has 0 unspecified atom stereocenters. The molecule has 0 atom stereocenters. The van der Waals surface area contributed by atoms with Gasteiger partial charge >= 0.3 is 0 Å². The molecule has 1 heterocycles. The third-order valence-corrected chi connectivity index (χ3v) is 4.32. The normalized spacial score (nSPS) is 11.0. The molecule has 1 aromatic heterocycles. The maximum atomic E-state index is 12.5. The fraction of sp³-hybridized carbons (Fsp3) is 0.125. The fourth-order valence-electron chi connectivity index (χ4n) is 2.38. The number of fused-ring (bicyclic) bond motifs is 1. The average molecular weight is 364 g/mol. The van der Waals surface area contributed by atoms with Crippen molar-refractivity contribution in [2.45, 2.75) is 6.42 Å². The van der Waals surface area contributed by atoms with Gasteiger partial charge in [-0.05, 0) is 24.3 Å². The zero-order valence-corrected chi connectivity index (χ0v) is 13.6. The van der Waals surface area contributed by atoms with E-state index < -0.39 is 0 Å². The van der Waals surface area contributed by atoms with E-state index in [9.17, 15) is 4.79 Å². The third kappa shape index (κ3) is 2.74. The molecule has 0 radical (unpaired) electrons. The van der Waals surface area contributed by atoms with Crippen LogP contribution in [0.2, 0.25) is 5.02 Å². The summed E-state index contributed by atoms with van der Waals surface area (Å²) < 4.78 is 2.54. The van der Waals surface area contributed by atoms with Crippen LogP contribution in [0.1, 0.15) is 16.1 Å². The van der Waals surface area contributed by atoms with Crippen molar-refractivity contribution in [1.82, 2.24) is 9.78 Å². The van der Waals surface area contributed by atoms with Crippen LogP contribution in [0, 0.1) is 0 Å². The van der Waals surface area contributed by atoms with E-state index >= 15 is 0 Å². The van der Waals surface area contributed by atoms with Gasteiger partial charge in [-0.15, -0.1) is 0 Å². The summed E-state index contributed by atoms with van der Waals surface area (Å²) in [6, 6.07) is 13.1. The highest BCUT2D eigenvalue weighted by Gasteiger charge is 2.16. The van der Waals surface area contributed by atoms with Crippen LogP contribution >= 0.6 is 27.5 Å². The van der Waals surface area contributed by atoms with Crippen molar-refractivity contribution in [3.63, 3.8) is 0 Å². The Morgan fingerprint density at radius 1 is 1.29 bits per heavy atom. The molecule has 106 valence electrons. The van der Waals surface area contributed by atoms with E-state index in [0.717, 1.165) is 21.1 Å². The Balaban J connectivity index is 1.99. The summed E-state index contributed by atoms with van der Waals surface area (Å²) in [6.45, 7) is 0. The van der Waals surface area contributed by atoms with Gasteiger partial charge in [0.25, 0.3) is 0 Å². The number of halogens is 2. The first-order chi connectivity index (χ1) is 10.1. The first-order valence-corrected chi connectivity index (χ1v) is 7.62. The zero-order valence-electron chi connectivity index (χ0n) is 11.3. The second kappa shape index (κ2) is 5.62. The van der Waals surface area contributed by atoms with Crippen LogP contribution in [0.25, 0.3) is 10.9 Å². The summed E-state index contributed by atoms with van der Waals surface area (Å²) in [4.78, 5) is 12.5. The van der Waals surface area contributed by atoms with E-state index in [4.69, 9.17) is 11.6 Å². The van der Waals surface area contributed by atoms with Crippen LogP contribution < -0.4 is 0 Å². The predicted octanol–water partition coefficient (Wildman–Crippen LogP) is 4.41. The minimum absolute atomic E-state index is 0.00627. The predicted molar refractivity (Wildman–Crippen MR) is 87.9 cm³/mol. The number of para-hydroxylation sites is 1. The minimum atomic E-state index is -0.00627. The molecule has 3 aromatic rings. The summed E-state index contributed by atoms with van der Waals surface area (Å²) in [5.74, 6) is -0.00627. The number of benzene rings is 2. The fourth-order valence-corrected chi connectivity index (χ4v) is 3.02. The molecule has 0 N–H and O–H groups in total. The Labute approximate surface area is 135 Å². The monoisotopic (exact) mass is 362 g/mol. The number of aryl methyl sites for hydroxylation is 1. The van der Waals surface area contributed by atoms with E-state index in [2.05, 4.69) is 21.0 Å². The Bertz CT molecular complexity index is 841. The van der Waals surface area contributed by atoms with Crippen molar-refractivity contribution in [3.05, 3.63) is 63.2 Å². The lowest BCUT2D eigenvalue weighted by Crippen LogP contribution is -2.06. The summed E-state index contributed by atoms with van der Waals surface area (Å²) in [5, 5.41) is 6.01. The van der Waals surface area contributed by atoms with Crippen molar-refractivity contribution in [1.29, 1.82) is 0 Å². The number of aromatic nitrogens is 2. The summed E-state index contributed by atoms with van der Waals surface area (Å²) >= 11 is 9.36. The molecular weight excluding hydrogens is 352 g/mol. The molecule has 2 aromatic carbocycles. The van der Waals surface area contributed by atoms with Gasteiger partial charge in [-0.25, -0.2) is 0 Å². The van der Waals surface area contributed by atoms with E-state index in [0.29, 0.717) is 10.6 Å². The molecule has 0 fully saturated rings. The highest BCUT2D eigenvalue weighted by atomic mass is 79.9. The van der Waals surface area contributed by atoms with Gasteiger partial charge in [0.1, 0.15) is 0 Å². The van der Waals surface area contributed by atoms with Crippen LogP contribution in [0.15, 0.2) is 46.9 Å². The van der Waals surface area contributed by atoms with E-state index in [1.165, 1.54) is 0 Å². The van der Waals surface area contributed by atoms with Gasteiger partial charge in [0.05, 0.1) is 17.6 Å². The number of ketones is 1. The topological polar surface area (TPSA) is 34.9 Å². The molecule has 0 saturated carbocycles. The summed E-state index contributed by atoms with van der Waals surface area (Å²) in [7, 11) is 1.88. The summed E-state index contributed by atoms with van der Waals surface area (Å²) in [5.41, 5.74) is 2.38. The Morgan fingerprint density at radius 2 is 2.05 bits per heavy atom. The SMILES string of the molecule is Cn1nc(CC(=O)c2cc(Cl)ccc2Br)c2ccccc21. The average Bonchev–Trinajstić information content (AvgIpc) is 2.78. The van der Waals surface area contributed by atoms with Crippen LogP contribution in [-0.2, 0) is 13.5 Å². The molecule has 0 amide bonds. The number of hydrogen-bond acceptors (Lipinski definition) is 2. The quantitative estimate of drug-likeness (QED) is 0.646. The highest BCUT2D eigenvalue weighted by molar-refractivity contribution is 9.10. The number of carbonyl (C=O) groups excluding carboxylic acids is 1. The standard InChI is InChI=1S/C16H12BrClN2O/c1-20-15-5-3-2-4-11(15)14(19-20)9-16(21)12-8-10(18)6-7-13(12)17/h2-8H,9H2,1H3. The molecule has 0 bridgehead atoms. The molecule has 0 aliphatic rings. The zero-order chi connectivity index (χ0) is 15.0. The van der Waals surface area contributed by atoms with Crippen LogP contribution in [0.5, 0.6) is 0 Å². The number of carbonyl (C=O) groups is 1. The van der Waals surface area contributed by atoms with Gasteiger partial charge in [0, 0.05) is 27.5 Å². The van der Waals surface area contributed by atoms with E-state index in [1.807, 2.05) is 31.3 Å². The molecule has 21 heavy (non-hydrogen) atoms. The smallest absolute Gasteiger partial charge is 0.170 e. The lowest BCUT2D eigenvalue weighted by atomic mass is 10.0. The van der Waals surface area contributed by atoms with Gasteiger partial charge in [-0.2, -0.15) is 5.10 Å². The Kier molecular flexibility index (Phi) is 3.83. The second-order valence-corrected chi connectivity index (χ2v) is 6.10. The number of nitrogens with zero attached hydrogens (tertiary/aromatic N) is 2. The van der Waals surface area contributed by atoms with Crippen LogP contribution in [0.3, 0.4) is 0 Å². The van der Waals surface area contributed by atoms with Gasteiger partial charge in [0.2, 0.25) is 0 Å². The van der Waals surface area contributed by atoms with Crippen LogP contribution in [0.4, 0.5) is 0 Å². The molecule has 0 aliphatic carbocycles. The Morgan fingerprint density at radius 3 is 2.86 bits per heavy atom. The Hall–Kier alpha value is -1.65. The maximum Gasteiger partial charge on any atom is 0.170 e. The number of rotatable bonds is 3. The van der Waals surface area contributed by atoms with Gasteiger partial charge in [-0.3, -0.25) is 9.48 Å². The van der Waals surface area contributed by atoms with Crippen LogP contribution in [-0.4, -0.2) is 15.6 Å². The largest absolute Gasteiger partial charge is 0.294 e. The highest BCUT2D eigenvalue weighted by Crippen LogP contribution is 2.24. The lowest BCUT2D eigenvalue weighted by Gasteiger charge is -2.03. The van der Waals surface area contributed by atoms with E-state index in [1.54, 1.807) is 22.9 Å². The van der Waals surface area contributed by atoms with Gasteiger partial charge in [-0.1, -0.05) is 45.7 Å². The van der Waals surface area contributed by atoms with Crippen molar-refractivity contribution < 1.29 is 4.79 Å². The first kappa shape index (κ1) is 14.3. The van der Waals surface area contributed by atoms with Crippen molar-refractivity contribution >= 4 is 44.2 Å². The number of hydrogen-bond donors (Lipinski definition) is 0. The molecule has 5 heteroatoms. The van der Waals surface area contributed by atoms with E-state index in [-0.39, 0.29) is 12.2 Å².